The minimum Gasteiger partial charge on any atom is -0.397 e. The molecule has 0 aromatic heterocycles. The third-order valence-corrected chi connectivity index (χ3v) is 3.53. The Bertz CT molecular complexity index is 570. The number of nitrogen functional groups attached to an aromatic ring is 1. The maximum absolute atomic E-state index is 13.3. The van der Waals surface area contributed by atoms with Gasteiger partial charge in [0.25, 0.3) is 0 Å². The highest BCUT2D eigenvalue weighted by molar-refractivity contribution is 9.10. The maximum Gasteiger partial charge on any atom is 0.128 e. The molecule has 0 amide bonds. The number of hydrogen-bond donors (Lipinski definition) is 2. The van der Waals surface area contributed by atoms with Gasteiger partial charge in [-0.1, -0.05) is 34.1 Å². The number of halogens is 2. The van der Waals surface area contributed by atoms with Crippen LogP contribution in [0.25, 0.3) is 0 Å². The van der Waals surface area contributed by atoms with Crippen LogP contribution in [0.1, 0.15) is 11.1 Å². The van der Waals surface area contributed by atoms with Crippen LogP contribution in [0.15, 0.2) is 40.9 Å². The molecule has 0 heterocycles. The standard InChI is InChI=1S/C14H14BrFN2/c1-9-6-14(13(17)7-12(9)16)18-8-10-4-2-3-5-11(10)15/h2-7,18H,8,17H2,1H3. The van der Waals surface area contributed by atoms with E-state index in [1.807, 2.05) is 24.3 Å². The molecule has 0 atom stereocenters. The van der Waals surface area contributed by atoms with Gasteiger partial charge < -0.3 is 11.1 Å². The van der Waals surface area contributed by atoms with Gasteiger partial charge in [-0.15, -0.1) is 0 Å². The molecule has 0 bridgehead atoms. The number of nitrogens with one attached hydrogen (secondary N) is 1. The van der Waals surface area contributed by atoms with E-state index in [9.17, 15) is 4.39 Å². The highest BCUT2D eigenvalue weighted by atomic mass is 79.9. The quantitative estimate of drug-likeness (QED) is 0.838. The van der Waals surface area contributed by atoms with Crippen LogP contribution in [0.3, 0.4) is 0 Å². The molecule has 2 rings (SSSR count). The number of anilines is 2. The van der Waals surface area contributed by atoms with E-state index < -0.39 is 0 Å². The number of benzene rings is 2. The van der Waals surface area contributed by atoms with Gasteiger partial charge in [0.2, 0.25) is 0 Å². The summed E-state index contributed by atoms with van der Waals surface area (Å²) in [6.45, 7) is 2.36. The highest BCUT2D eigenvalue weighted by Gasteiger charge is 2.05. The fourth-order valence-electron chi connectivity index (χ4n) is 1.68. The summed E-state index contributed by atoms with van der Waals surface area (Å²) in [6, 6.07) is 11.0. The van der Waals surface area contributed by atoms with Crippen molar-refractivity contribution in [3.8, 4) is 0 Å². The molecule has 0 spiro atoms. The molecule has 0 saturated heterocycles. The third kappa shape index (κ3) is 2.82. The van der Waals surface area contributed by atoms with Crippen LogP contribution in [0.2, 0.25) is 0 Å². The molecule has 0 aliphatic heterocycles. The predicted molar refractivity (Wildman–Crippen MR) is 77.0 cm³/mol. The number of aryl methyl sites for hydroxylation is 1. The van der Waals surface area contributed by atoms with Crippen LogP contribution >= 0.6 is 15.9 Å². The second-order valence-electron chi connectivity index (χ2n) is 4.13. The van der Waals surface area contributed by atoms with Crippen LogP contribution in [-0.4, -0.2) is 0 Å². The van der Waals surface area contributed by atoms with E-state index in [-0.39, 0.29) is 5.82 Å². The van der Waals surface area contributed by atoms with E-state index in [4.69, 9.17) is 5.73 Å². The van der Waals surface area contributed by atoms with Gasteiger partial charge in [-0.3, -0.25) is 0 Å². The molecule has 94 valence electrons. The predicted octanol–water partition coefficient (Wildman–Crippen LogP) is 4.09. The Balaban J connectivity index is 2.16. The zero-order valence-corrected chi connectivity index (χ0v) is 11.6. The maximum atomic E-state index is 13.3. The molecule has 0 fully saturated rings. The van der Waals surface area contributed by atoms with Crippen LogP contribution in [0.5, 0.6) is 0 Å². The first-order valence-corrected chi connectivity index (χ1v) is 6.40. The number of rotatable bonds is 3. The molecule has 2 aromatic carbocycles. The zero-order chi connectivity index (χ0) is 13.1. The number of nitrogens with two attached hydrogens (primary N) is 1. The van der Waals surface area contributed by atoms with Crippen molar-refractivity contribution in [1.29, 1.82) is 0 Å². The van der Waals surface area contributed by atoms with Gasteiger partial charge >= 0.3 is 0 Å². The molecule has 0 saturated carbocycles. The largest absolute Gasteiger partial charge is 0.397 e. The summed E-state index contributed by atoms with van der Waals surface area (Å²) in [6.07, 6.45) is 0. The average Bonchev–Trinajstić information content (AvgIpc) is 2.34. The topological polar surface area (TPSA) is 38.0 Å². The van der Waals surface area contributed by atoms with Crippen molar-refractivity contribution < 1.29 is 4.39 Å². The SMILES string of the molecule is Cc1cc(NCc2ccccc2Br)c(N)cc1F. The second kappa shape index (κ2) is 5.40. The Morgan fingerprint density at radius 3 is 2.72 bits per heavy atom. The second-order valence-corrected chi connectivity index (χ2v) is 4.99. The first kappa shape index (κ1) is 12.9. The lowest BCUT2D eigenvalue weighted by molar-refractivity contribution is 0.619. The molecule has 3 N–H and O–H groups in total. The fraction of sp³-hybridized carbons (Fsp3) is 0.143. The summed E-state index contributed by atoms with van der Waals surface area (Å²) < 4.78 is 14.3. The molecule has 2 aromatic rings. The molecule has 0 aliphatic carbocycles. The first-order chi connectivity index (χ1) is 8.58. The van der Waals surface area contributed by atoms with Crippen molar-refractivity contribution in [2.45, 2.75) is 13.5 Å². The zero-order valence-electron chi connectivity index (χ0n) is 10.0. The lowest BCUT2D eigenvalue weighted by atomic mass is 10.1. The van der Waals surface area contributed by atoms with E-state index in [1.54, 1.807) is 13.0 Å². The lowest BCUT2D eigenvalue weighted by Gasteiger charge is -2.12. The molecule has 0 aliphatic rings. The Kier molecular flexibility index (Phi) is 3.87. The first-order valence-electron chi connectivity index (χ1n) is 5.61. The fourth-order valence-corrected chi connectivity index (χ4v) is 2.11. The Hall–Kier alpha value is -1.55. The Morgan fingerprint density at radius 2 is 2.00 bits per heavy atom. The van der Waals surface area contributed by atoms with Crippen molar-refractivity contribution in [3.05, 3.63) is 57.8 Å². The minimum absolute atomic E-state index is 0.279. The summed E-state index contributed by atoms with van der Waals surface area (Å²) >= 11 is 3.48. The van der Waals surface area contributed by atoms with Crippen molar-refractivity contribution in [2.24, 2.45) is 0 Å². The summed E-state index contributed by atoms with van der Waals surface area (Å²) in [5.41, 5.74) is 8.66. The summed E-state index contributed by atoms with van der Waals surface area (Å²) in [4.78, 5) is 0. The van der Waals surface area contributed by atoms with Crippen LogP contribution in [0, 0.1) is 12.7 Å². The molecule has 0 radical (unpaired) electrons. The molecule has 2 nitrogen and oxygen atoms in total. The highest BCUT2D eigenvalue weighted by Crippen LogP contribution is 2.24. The van der Waals surface area contributed by atoms with Gasteiger partial charge in [0.05, 0.1) is 11.4 Å². The van der Waals surface area contributed by atoms with Crippen molar-refractivity contribution in [2.75, 3.05) is 11.1 Å². The lowest BCUT2D eigenvalue weighted by Crippen LogP contribution is -2.04. The summed E-state index contributed by atoms with van der Waals surface area (Å²) in [7, 11) is 0. The van der Waals surface area contributed by atoms with Gasteiger partial charge in [0, 0.05) is 11.0 Å². The van der Waals surface area contributed by atoms with E-state index in [1.165, 1.54) is 6.07 Å². The van der Waals surface area contributed by atoms with Crippen molar-refractivity contribution in [1.82, 2.24) is 0 Å². The van der Waals surface area contributed by atoms with Gasteiger partial charge in [-0.25, -0.2) is 4.39 Å². The van der Waals surface area contributed by atoms with Crippen molar-refractivity contribution >= 4 is 27.3 Å². The van der Waals surface area contributed by atoms with Gasteiger partial charge in [0.15, 0.2) is 0 Å². The normalized spacial score (nSPS) is 10.4. The monoisotopic (exact) mass is 308 g/mol. The number of hydrogen-bond acceptors (Lipinski definition) is 2. The van der Waals surface area contributed by atoms with Gasteiger partial charge in [-0.2, -0.15) is 0 Å². The molecular formula is C14H14BrFN2. The smallest absolute Gasteiger partial charge is 0.128 e. The van der Waals surface area contributed by atoms with E-state index >= 15 is 0 Å². The van der Waals surface area contributed by atoms with E-state index in [0.29, 0.717) is 17.8 Å². The molecule has 0 unspecified atom stereocenters. The van der Waals surface area contributed by atoms with E-state index in [0.717, 1.165) is 15.7 Å². The molecule has 4 heteroatoms. The van der Waals surface area contributed by atoms with Crippen LogP contribution < -0.4 is 11.1 Å². The van der Waals surface area contributed by atoms with Crippen LogP contribution in [0.4, 0.5) is 15.8 Å². The minimum atomic E-state index is -0.279. The average molecular weight is 309 g/mol. The Labute approximate surface area is 114 Å². The van der Waals surface area contributed by atoms with Crippen LogP contribution in [-0.2, 0) is 6.54 Å². The van der Waals surface area contributed by atoms with Gasteiger partial charge in [-0.05, 0) is 36.2 Å². The summed E-state index contributed by atoms with van der Waals surface area (Å²) in [5.74, 6) is -0.279. The van der Waals surface area contributed by atoms with E-state index in [2.05, 4.69) is 21.2 Å². The van der Waals surface area contributed by atoms with Crippen molar-refractivity contribution in [3.63, 3.8) is 0 Å². The Morgan fingerprint density at radius 1 is 1.28 bits per heavy atom. The van der Waals surface area contributed by atoms with Gasteiger partial charge in [0.1, 0.15) is 5.82 Å². The summed E-state index contributed by atoms with van der Waals surface area (Å²) in [5, 5.41) is 3.22. The third-order valence-electron chi connectivity index (χ3n) is 2.76. The molecular weight excluding hydrogens is 295 g/mol. The molecule has 18 heavy (non-hydrogen) atoms.